The van der Waals surface area contributed by atoms with Gasteiger partial charge in [-0.3, -0.25) is 0 Å². The van der Waals surface area contributed by atoms with E-state index in [4.69, 9.17) is 11.6 Å². The smallest absolute Gasteiger partial charge is 0.129 e. The van der Waals surface area contributed by atoms with E-state index in [-0.39, 0.29) is 5.38 Å². The first-order chi connectivity index (χ1) is 8.01. The molecule has 96 valence electrons. The highest BCUT2D eigenvalue weighted by Gasteiger charge is 2.08. The summed E-state index contributed by atoms with van der Waals surface area (Å²) in [6, 6.07) is 1.99. The fourth-order valence-electron chi connectivity index (χ4n) is 1.71. The van der Waals surface area contributed by atoms with Crippen molar-refractivity contribution in [1.82, 2.24) is 9.97 Å². The fourth-order valence-corrected chi connectivity index (χ4v) is 2.14. The van der Waals surface area contributed by atoms with Crippen LogP contribution in [-0.4, -0.2) is 21.9 Å². The summed E-state index contributed by atoms with van der Waals surface area (Å²) in [4.78, 5) is 8.70. The largest absolute Gasteiger partial charge is 0.368 e. The highest BCUT2D eigenvalue weighted by Crippen LogP contribution is 2.13. The van der Waals surface area contributed by atoms with Gasteiger partial charge in [0.05, 0.1) is 5.38 Å². The van der Waals surface area contributed by atoms with Crippen LogP contribution in [0.25, 0.3) is 0 Å². The Morgan fingerprint density at radius 1 is 1.35 bits per heavy atom. The van der Waals surface area contributed by atoms with Crippen molar-refractivity contribution in [2.24, 2.45) is 5.92 Å². The molecule has 17 heavy (non-hydrogen) atoms. The van der Waals surface area contributed by atoms with Gasteiger partial charge in [0, 0.05) is 18.3 Å². The summed E-state index contributed by atoms with van der Waals surface area (Å²) in [5.41, 5.74) is 1.06. The van der Waals surface area contributed by atoms with Gasteiger partial charge >= 0.3 is 0 Å². The Bertz CT molecular complexity index is 353. The Balaban J connectivity index is 2.54. The Hall–Kier alpha value is -0.830. The normalized spacial score (nSPS) is 12.8. The number of anilines is 1. The maximum atomic E-state index is 6.23. The maximum Gasteiger partial charge on any atom is 0.129 e. The van der Waals surface area contributed by atoms with Crippen molar-refractivity contribution in [1.29, 1.82) is 0 Å². The highest BCUT2D eigenvalue weighted by molar-refractivity contribution is 6.20. The molecule has 0 radical (unpaired) electrons. The lowest BCUT2D eigenvalue weighted by Gasteiger charge is -2.14. The molecule has 4 heteroatoms. The third-order valence-electron chi connectivity index (χ3n) is 2.49. The minimum Gasteiger partial charge on any atom is -0.368 e. The first-order valence-corrected chi connectivity index (χ1v) is 6.67. The molecule has 0 saturated heterocycles. The number of nitrogens with zero attached hydrogens (tertiary/aromatic N) is 2. The van der Waals surface area contributed by atoms with E-state index in [1.54, 1.807) is 0 Å². The average Bonchev–Trinajstić information content (AvgIpc) is 2.24. The first kappa shape index (κ1) is 14.2. The number of halogens is 1. The molecule has 1 heterocycles. The second-order valence-corrected chi connectivity index (χ2v) is 5.37. The molecular weight excluding hydrogens is 234 g/mol. The number of rotatable bonds is 6. The van der Waals surface area contributed by atoms with Gasteiger partial charge < -0.3 is 5.32 Å². The Kier molecular flexibility index (Phi) is 5.69. The summed E-state index contributed by atoms with van der Waals surface area (Å²) in [5, 5.41) is 3.43. The van der Waals surface area contributed by atoms with E-state index in [1.807, 2.05) is 13.0 Å². The van der Waals surface area contributed by atoms with Gasteiger partial charge in [0.25, 0.3) is 0 Å². The molecule has 0 aliphatic rings. The summed E-state index contributed by atoms with van der Waals surface area (Å²) in [5.74, 6) is 2.31. The van der Waals surface area contributed by atoms with Gasteiger partial charge in [0.15, 0.2) is 0 Å². The third kappa shape index (κ3) is 5.35. The number of aromatic nitrogens is 2. The van der Waals surface area contributed by atoms with Gasteiger partial charge in [-0.25, -0.2) is 9.97 Å². The SMILES string of the molecule is CCc1cc(NCC(Cl)CC(C)C)nc(C)n1. The monoisotopic (exact) mass is 255 g/mol. The summed E-state index contributed by atoms with van der Waals surface area (Å²) >= 11 is 6.23. The van der Waals surface area contributed by atoms with Crippen LogP contribution in [-0.2, 0) is 6.42 Å². The van der Waals surface area contributed by atoms with Crippen LogP contribution >= 0.6 is 11.6 Å². The quantitative estimate of drug-likeness (QED) is 0.792. The van der Waals surface area contributed by atoms with E-state index < -0.39 is 0 Å². The molecule has 0 saturated carbocycles. The first-order valence-electron chi connectivity index (χ1n) is 6.23. The molecule has 1 N–H and O–H groups in total. The number of hydrogen-bond acceptors (Lipinski definition) is 3. The lowest BCUT2D eigenvalue weighted by molar-refractivity contribution is 0.572. The predicted molar refractivity (Wildman–Crippen MR) is 73.7 cm³/mol. The molecule has 1 aromatic heterocycles. The minimum absolute atomic E-state index is 0.148. The Morgan fingerprint density at radius 3 is 2.65 bits per heavy atom. The fraction of sp³-hybridized carbons (Fsp3) is 0.692. The molecule has 0 bridgehead atoms. The van der Waals surface area contributed by atoms with E-state index in [2.05, 4.69) is 36.1 Å². The lowest BCUT2D eigenvalue weighted by atomic mass is 10.1. The van der Waals surface area contributed by atoms with Crippen molar-refractivity contribution < 1.29 is 0 Å². The highest BCUT2D eigenvalue weighted by atomic mass is 35.5. The number of aryl methyl sites for hydroxylation is 2. The standard InChI is InChI=1S/C13H22ClN3/c1-5-12-7-13(17-10(4)16-12)15-8-11(14)6-9(2)3/h7,9,11H,5-6,8H2,1-4H3,(H,15,16,17). The lowest BCUT2D eigenvalue weighted by Crippen LogP contribution is -2.17. The zero-order valence-electron chi connectivity index (χ0n) is 11.1. The number of alkyl halides is 1. The molecule has 0 spiro atoms. The molecular formula is C13H22ClN3. The van der Waals surface area contributed by atoms with E-state index in [1.165, 1.54) is 0 Å². The summed E-state index contributed by atoms with van der Waals surface area (Å²) in [6.07, 6.45) is 1.94. The zero-order valence-corrected chi connectivity index (χ0v) is 11.9. The van der Waals surface area contributed by atoms with E-state index in [0.717, 1.165) is 36.7 Å². The summed E-state index contributed by atoms with van der Waals surface area (Å²) in [6.45, 7) is 9.11. The Labute approximate surface area is 109 Å². The van der Waals surface area contributed by atoms with Crippen LogP contribution in [0.3, 0.4) is 0 Å². The molecule has 1 rings (SSSR count). The van der Waals surface area contributed by atoms with Crippen LogP contribution in [0.5, 0.6) is 0 Å². The number of hydrogen-bond donors (Lipinski definition) is 1. The van der Waals surface area contributed by atoms with Crippen LogP contribution in [0.4, 0.5) is 5.82 Å². The van der Waals surface area contributed by atoms with Crippen molar-refractivity contribution in [3.63, 3.8) is 0 Å². The molecule has 1 unspecified atom stereocenters. The van der Waals surface area contributed by atoms with Crippen molar-refractivity contribution in [3.05, 3.63) is 17.6 Å². The molecule has 1 aromatic rings. The molecule has 1 atom stereocenters. The molecule has 3 nitrogen and oxygen atoms in total. The second-order valence-electron chi connectivity index (χ2n) is 4.75. The van der Waals surface area contributed by atoms with E-state index in [9.17, 15) is 0 Å². The summed E-state index contributed by atoms with van der Waals surface area (Å²) in [7, 11) is 0. The molecule has 0 amide bonds. The molecule has 0 fully saturated rings. The topological polar surface area (TPSA) is 37.8 Å². The maximum absolute atomic E-state index is 6.23. The van der Waals surface area contributed by atoms with Crippen molar-refractivity contribution in [3.8, 4) is 0 Å². The van der Waals surface area contributed by atoms with E-state index in [0.29, 0.717) is 5.92 Å². The van der Waals surface area contributed by atoms with Gasteiger partial charge in [-0.1, -0.05) is 20.8 Å². The van der Waals surface area contributed by atoms with Crippen LogP contribution in [0.2, 0.25) is 0 Å². The van der Waals surface area contributed by atoms with Crippen molar-refractivity contribution >= 4 is 17.4 Å². The van der Waals surface area contributed by atoms with Crippen LogP contribution in [0, 0.1) is 12.8 Å². The predicted octanol–water partition coefficient (Wildman–Crippen LogP) is 3.41. The minimum atomic E-state index is 0.148. The van der Waals surface area contributed by atoms with Gasteiger partial charge in [0.1, 0.15) is 11.6 Å². The summed E-state index contributed by atoms with van der Waals surface area (Å²) < 4.78 is 0. The van der Waals surface area contributed by atoms with Gasteiger partial charge in [-0.15, -0.1) is 11.6 Å². The van der Waals surface area contributed by atoms with Crippen molar-refractivity contribution in [2.75, 3.05) is 11.9 Å². The Morgan fingerprint density at radius 2 is 2.06 bits per heavy atom. The van der Waals surface area contributed by atoms with Crippen LogP contribution in [0.1, 0.15) is 38.7 Å². The van der Waals surface area contributed by atoms with Crippen molar-refractivity contribution in [2.45, 2.75) is 45.9 Å². The third-order valence-corrected chi connectivity index (χ3v) is 2.82. The van der Waals surface area contributed by atoms with E-state index >= 15 is 0 Å². The van der Waals surface area contributed by atoms with Crippen LogP contribution in [0.15, 0.2) is 6.07 Å². The molecule has 0 aromatic carbocycles. The zero-order chi connectivity index (χ0) is 12.8. The van der Waals surface area contributed by atoms with Crippen LogP contribution < -0.4 is 5.32 Å². The van der Waals surface area contributed by atoms with Gasteiger partial charge in [-0.05, 0) is 25.7 Å². The second kappa shape index (κ2) is 6.80. The number of nitrogens with one attached hydrogen (secondary N) is 1. The van der Waals surface area contributed by atoms with Gasteiger partial charge in [0.2, 0.25) is 0 Å². The molecule has 0 aliphatic carbocycles. The molecule has 0 aliphatic heterocycles. The average molecular weight is 256 g/mol. The van der Waals surface area contributed by atoms with Gasteiger partial charge in [-0.2, -0.15) is 0 Å².